The van der Waals surface area contributed by atoms with Crippen molar-refractivity contribution in [2.75, 3.05) is 4.90 Å². The second-order valence-electron chi connectivity index (χ2n) is 16.9. The first-order chi connectivity index (χ1) is 31.8. The lowest BCUT2D eigenvalue weighted by Crippen LogP contribution is -2.56. The van der Waals surface area contributed by atoms with Gasteiger partial charge in [-0.25, -0.2) is 0 Å². The maximum Gasteiger partial charge on any atom is 0.243 e. The average molecular weight is 789 g/mol. The van der Waals surface area contributed by atoms with E-state index in [2.05, 4.69) is 114 Å². The molecule has 0 saturated carbocycles. The Morgan fingerprint density at radius 1 is 0.443 bits per heavy atom. The summed E-state index contributed by atoms with van der Waals surface area (Å²) in [4.78, 5) is 1.76. The molecule has 0 N–H and O–H groups in total. The first kappa shape index (κ1) is 31.8. The van der Waals surface area contributed by atoms with E-state index in [4.69, 9.17) is 11.6 Å². The van der Waals surface area contributed by atoms with Gasteiger partial charge in [-0.3, -0.25) is 0 Å². The number of hydrogen-bond donors (Lipinski definition) is 0. The molecule has 0 unspecified atom stereocenters. The maximum atomic E-state index is 9.08. The van der Waals surface area contributed by atoms with Gasteiger partial charge in [0.25, 0.3) is 0 Å². The van der Waals surface area contributed by atoms with Crippen LogP contribution in [-0.2, 0) is 0 Å². The zero-order valence-corrected chi connectivity index (χ0v) is 35.2. The highest BCUT2D eigenvalue weighted by molar-refractivity contribution is 6.98. The topological polar surface area (TPSA) is 12.5 Å². The summed E-state index contributed by atoms with van der Waals surface area (Å²) in [5.41, 5.74) is 14.9. The number of aryl methyl sites for hydroxylation is 6. The van der Waals surface area contributed by atoms with Crippen molar-refractivity contribution in [1.29, 1.82) is 0 Å². The van der Waals surface area contributed by atoms with Gasteiger partial charge in [-0.05, 0) is 133 Å². The van der Waals surface area contributed by atoms with Crippen molar-refractivity contribution >= 4 is 83.3 Å². The summed E-state index contributed by atoms with van der Waals surface area (Å²) in [6.45, 7) is 13.4. The molecule has 0 atom stereocenters. The number of hydrogen-bond acceptors (Lipinski definition) is 2. The Morgan fingerprint density at radius 2 is 1.03 bits per heavy atom. The lowest BCUT2D eigenvalue weighted by atomic mass is 9.33. The van der Waals surface area contributed by atoms with Crippen molar-refractivity contribution in [3.8, 4) is 22.6 Å². The van der Waals surface area contributed by atoms with Gasteiger partial charge in [0.15, 0.2) is 0 Å². The van der Waals surface area contributed by atoms with Crippen LogP contribution in [0.2, 0.25) is 0 Å². The molecule has 0 saturated heterocycles. The van der Waals surface area contributed by atoms with Gasteiger partial charge < -0.3 is 9.64 Å². The summed E-state index contributed by atoms with van der Waals surface area (Å²) in [5.74, 6) is 1.34. The summed E-state index contributed by atoms with van der Waals surface area (Å²) < 4.78 is 50.7. The molecule has 2 nitrogen and oxygen atoms in total. The summed E-state index contributed by atoms with van der Waals surface area (Å²) in [6.07, 6.45) is 0. The molecule has 10 aromatic rings. The fourth-order valence-electron chi connectivity index (χ4n) is 10.5. The quantitative estimate of drug-likeness (QED) is 0.123. The lowest BCUT2D eigenvalue weighted by molar-refractivity contribution is 0.487. The van der Waals surface area contributed by atoms with Crippen molar-refractivity contribution in [3.05, 3.63) is 203 Å². The molecule has 0 aliphatic carbocycles. The second-order valence-corrected chi connectivity index (χ2v) is 16.9. The highest BCUT2D eigenvalue weighted by Crippen LogP contribution is 2.51. The highest BCUT2D eigenvalue weighted by Gasteiger charge is 2.32. The predicted octanol–water partition coefficient (Wildman–Crippen LogP) is 13.9. The Hall–Kier alpha value is -7.10. The molecule has 1 aliphatic rings. The molecule has 11 rings (SSSR count). The normalized spacial score (nSPS) is 13.0. The van der Waals surface area contributed by atoms with Gasteiger partial charge in [-0.15, -0.1) is 0 Å². The third-order valence-electron chi connectivity index (χ3n) is 12.8. The Bertz CT molecular complexity index is 3600. The van der Waals surface area contributed by atoms with Crippen LogP contribution in [0.3, 0.4) is 0 Å². The van der Waals surface area contributed by atoms with Crippen molar-refractivity contribution in [2.24, 2.45) is 0 Å². The van der Waals surface area contributed by atoms with E-state index in [1.165, 1.54) is 60.5 Å². The van der Waals surface area contributed by atoms with Gasteiger partial charge in [0, 0.05) is 34.1 Å². The fraction of sp³-hybridized carbons (Fsp3) is 0.103. The van der Waals surface area contributed by atoms with Gasteiger partial charge in [-0.2, -0.15) is 0 Å². The second kappa shape index (κ2) is 14.3. The first-order valence-corrected chi connectivity index (χ1v) is 21.0. The molecule has 0 aromatic heterocycles. The van der Waals surface area contributed by atoms with Crippen LogP contribution in [-0.4, -0.2) is 6.71 Å². The third kappa shape index (κ3) is 6.02. The number of nitrogens with zero attached hydrogens (tertiary/aromatic N) is 1. The molecule has 10 aromatic carbocycles. The van der Waals surface area contributed by atoms with Crippen LogP contribution in [0.15, 0.2) is 170 Å². The van der Waals surface area contributed by atoms with E-state index in [1.54, 1.807) is 4.90 Å². The number of para-hydroxylation sites is 1. The molecular formula is C58H46BNO. The molecule has 0 amide bonds. The first-order valence-electron chi connectivity index (χ1n) is 23.5. The molecule has 0 spiro atoms. The summed E-state index contributed by atoms with van der Waals surface area (Å²) >= 11 is 0. The molecule has 1 aliphatic heterocycles. The summed E-state index contributed by atoms with van der Waals surface area (Å²) in [6, 6.07) is 47.2. The summed E-state index contributed by atoms with van der Waals surface area (Å²) in [7, 11) is 0. The third-order valence-corrected chi connectivity index (χ3v) is 12.8. The molecule has 61 heavy (non-hydrogen) atoms. The zero-order valence-electron chi connectivity index (χ0n) is 40.2. The van der Waals surface area contributed by atoms with E-state index in [-0.39, 0.29) is 24.5 Å². The van der Waals surface area contributed by atoms with Gasteiger partial charge in [0.05, 0.1) is 6.85 Å². The van der Waals surface area contributed by atoms with E-state index in [9.17, 15) is 0 Å². The van der Waals surface area contributed by atoms with Crippen molar-refractivity contribution in [3.63, 3.8) is 0 Å². The van der Waals surface area contributed by atoms with Crippen LogP contribution < -0.4 is 26.0 Å². The van der Waals surface area contributed by atoms with Gasteiger partial charge >= 0.3 is 0 Å². The van der Waals surface area contributed by atoms with Gasteiger partial charge in [-0.1, -0.05) is 165 Å². The largest absolute Gasteiger partial charge is 0.456 e. The van der Waals surface area contributed by atoms with Crippen molar-refractivity contribution in [1.82, 2.24) is 0 Å². The van der Waals surface area contributed by atoms with Gasteiger partial charge in [0.2, 0.25) is 6.71 Å². The number of benzene rings is 10. The number of fused-ring (bicyclic) bond motifs is 7. The molecule has 0 fully saturated rings. The molecular weight excluding hydrogens is 737 g/mol. The minimum Gasteiger partial charge on any atom is -0.456 e. The van der Waals surface area contributed by atoms with E-state index in [0.29, 0.717) is 17.1 Å². The molecule has 0 bridgehead atoms. The van der Waals surface area contributed by atoms with Crippen LogP contribution in [0.1, 0.15) is 40.2 Å². The smallest absolute Gasteiger partial charge is 0.243 e. The van der Waals surface area contributed by atoms with Crippen LogP contribution in [0.25, 0.3) is 54.2 Å². The van der Waals surface area contributed by atoms with Crippen LogP contribution in [0, 0.1) is 41.5 Å². The van der Waals surface area contributed by atoms with Crippen LogP contribution >= 0.6 is 0 Å². The van der Waals surface area contributed by atoms with Gasteiger partial charge in [0.1, 0.15) is 11.5 Å². The maximum absolute atomic E-state index is 9.08. The zero-order chi connectivity index (χ0) is 45.9. The standard InChI is InChI=1S/C58H46BNO/c1-35-27-37(3)57(38(4)28-35)59(58-39(5)29-36(2)30-40(58)6)53-34-51-49-21-14-22-54-56(49)52(33-50(51)46-19-12-13-20-47(46)53)48-26-25-45(32-55(48)61-54)60(43-17-8-7-9-18-43)44-24-23-41-15-10-11-16-42(41)31-44/h7-34H,1-6H3/i7D,8D,9D,17D,18D. The Morgan fingerprint density at radius 3 is 1.74 bits per heavy atom. The molecule has 1 heterocycles. The van der Waals surface area contributed by atoms with E-state index in [0.717, 1.165) is 49.2 Å². The number of rotatable bonds is 6. The molecule has 3 heteroatoms. The van der Waals surface area contributed by atoms with Crippen molar-refractivity contribution < 1.29 is 11.6 Å². The monoisotopic (exact) mass is 788 g/mol. The average Bonchev–Trinajstić information content (AvgIpc) is 3.30. The molecule has 0 radical (unpaired) electrons. The number of anilines is 3. The van der Waals surface area contributed by atoms with E-state index < -0.39 is 18.1 Å². The van der Waals surface area contributed by atoms with Crippen LogP contribution in [0.5, 0.6) is 11.5 Å². The van der Waals surface area contributed by atoms with Crippen molar-refractivity contribution in [2.45, 2.75) is 41.5 Å². The summed E-state index contributed by atoms with van der Waals surface area (Å²) in [5, 5.41) is 8.83. The number of ether oxygens (including phenoxy) is 1. The molecule has 292 valence electrons. The highest BCUT2D eigenvalue weighted by atomic mass is 16.5. The Labute approximate surface area is 365 Å². The lowest BCUT2D eigenvalue weighted by Gasteiger charge is -2.29. The van der Waals surface area contributed by atoms with E-state index in [1.807, 2.05) is 66.7 Å². The minimum atomic E-state index is -0.436. The van der Waals surface area contributed by atoms with Crippen LogP contribution in [0.4, 0.5) is 17.1 Å². The SMILES string of the molecule is [2H]c1c([2H])c([2H])c(N(c2ccc3c(c2)Oc2cccc4c2c-3cc2c3ccccc3c(B(c3c(C)cc(C)cc3C)c3c(C)cc(C)cc3C)cc42)c2ccc3ccccc3c2)c([2H])c1[2H]. The predicted molar refractivity (Wildman–Crippen MR) is 263 cm³/mol. The van der Waals surface area contributed by atoms with E-state index >= 15 is 0 Å². The Kier molecular flexibility index (Phi) is 7.44. The Balaban J connectivity index is 1.15. The fourth-order valence-corrected chi connectivity index (χ4v) is 10.5. The minimum absolute atomic E-state index is 0.0182.